The summed E-state index contributed by atoms with van der Waals surface area (Å²) in [7, 11) is 4.17. The van der Waals surface area contributed by atoms with Gasteiger partial charge in [-0.15, -0.1) is 11.8 Å². The van der Waals surface area contributed by atoms with Crippen molar-refractivity contribution >= 4 is 33.3 Å². The van der Waals surface area contributed by atoms with Crippen molar-refractivity contribution in [2.75, 3.05) is 0 Å². The van der Waals surface area contributed by atoms with Crippen molar-refractivity contribution in [2.24, 2.45) is 11.8 Å². The van der Waals surface area contributed by atoms with Crippen LogP contribution in [0.5, 0.6) is 0 Å². The Morgan fingerprint density at radius 2 is 1.75 bits per heavy atom. The second kappa shape index (κ2) is 5.06. The predicted molar refractivity (Wildman–Crippen MR) is 64.6 cm³/mol. The molecule has 0 amide bonds. The molecule has 1 heterocycles. The Bertz CT molecular complexity index is 134. The summed E-state index contributed by atoms with van der Waals surface area (Å²) in [6.07, 6.45) is 1.37. The summed E-state index contributed by atoms with van der Waals surface area (Å²) < 4.78 is 1.68. The second-order valence-corrected chi connectivity index (χ2v) is 8.56. The first-order chi connectivity index (χ1) is 5.59. The summed E-state index contributed by atoms with van der Waals surface area (Å²) in [5.74, 6) is 1.67. The van der Waals surface area contributed by atoms with E-state index in [1.165, 1.54) is 6.42 Å². The smallest absolute Gasteiger partial charge is 0.0640 e. The highest BCUT2D eigenvalue weighted by Crippen LogP contribution is 2.55. The van der Waals surface area contributed by atoms with Gasteiger partial charge in [-0.2, -0.15) is 0 Å². The summed E-state index contributed by atoms with van der Waals surface area (Å²) in [5.41, 5.74) is 0. The van der Waals surface area contributed by atoms with Crippen LogP contribution in [0.25, 0.3) is 0 Å². The van der Waals surface area contributed by atoms with E-state index in [9.17, 15) is 0 Å². The molecule has 0 saturated carbocycles. The molecule has 0 nitrogen and oxygen atoms in total. The topological polar surface area (TPSA) is 0 Å². The lowest BCUT2D eigenvalue weighted by molar-refractivity contribution is 0.619. The van der Waals surface area contributed by atoms with Gasteiger partial charge in [0.05, 0.1) is 9.16 Å². The molecule has 0 aromatic rings. The van der Waals surface area contributed by atoms with Crippen molar-refractivity contribution in [1.29, 1.82) is 0 Å². The monoisotopic (exact) mass is 222 g/mol. The zero-order valence-corrected chi connectivity index (χ0v) is 10.7. The average molecular weight is 222 g/mol. The van der Waals surface area contributed by atoms with E-state index in [1.54, 1.807) is 0 Å². The van der Waals surface area contributed by atoms with Gasteiger partial charge >= 0.3 is 0 Å². The predicted octanol–water partition coefficient (Wildman–Crippen LogP) is 4.47. The Morgan fingerprint density at radius 3 is 2.17 bits per heavy atom. The first kappa shape index (κ1) is 11.1. The van der Waals surface area contributed by atoms with Crippen LogP contribution in [0, 0.1) is 11.8 Å². The summed E-state index contributed by atoms with van der Waals surface area (Å²) in [5, 5.41) is 0. The summed E-state index contributed by atoms with van der Waals surface area (Å²) in [4.78, 5) is 0. The molecule has 1 rings (SSSR count). The van der Waals surface area contributed by atoms with Gasteiger partial charge in [0.2, 0.25) is 0 Å². The lowest BCUT2D eigenvalue weighted by Crippen LogP contribution is -2.05. The largest absolute Gasteiger partial charge is 0.131 e. The molecule has 0 spiro atoms. The summed E-state index contributed by atoms with van der Waals surface area (Å²) in [6, 6.07) is 0. The zero-order valence-electron chi connectivity index (χ0n) is 8.24. The Morgan fingerprint density at radius 1 is 1.08 bits per heavy atom. The van der Waals surface area contributed by atoms with E-state index in [1.807, 2.05) is 0 Å². The third kappa shape index (κ3) is 3.43. The lowest BCUT2D eigenvalue weighted by atomic mass is 10.2. The molecule has 0 aliphatic carbocycles. The standard InChI is InChI=1S/C9H18S3/c1-6(2)5-8-10-9(7(3)4)12-11-8/h6-9H,5H2,1-4H3. The lowest BCUT2D eigenvalue weighted by Gasteiger charge is -2.13. The van der Waals surface area contributed by atoms with Gasteiger partial charge in [0.1, 0.15) is 0 Å². The van der Waals surface area contributed by atoms with Crippen LogP contribution in [0.3, 0.4) is 0 Å². The molecule has 0 bridgehead atoms. The molecular weight excluding hydrogens is 204 g/mol. The highest BCUT2D eigenvalue weighted by atomic mass is 33.1. The van der Waals surface area contributed by atoms with Gasteiger partial charge < -0.3 is 0 Å². The zero-order chi connectivity index (χ0) is 9.14. The second-order valence-electron chi connectivity index (χ2n) is 4.00. The van der Waals surface area contributed by atoms with Crippen molar-refractivity contribution in [3.05, 3.63) is 0 Å². The van der Waals surface area contributed by atoms with Crippen molar-refractivity contribution in [2.45, 2.75) is 43.3 Å². The molecule has 2 atom stereocenters. The van der Waals surface area contributed by atoms with Crippen LogP contribution >= 0.6 is 33.3 Å². The molecular formula is C9H18S3. The molecule has 0 aromatic carbocycles. The van der Waals surface area contributed by atoms with E-state index < -0.39 is 0 Å². The normalized spacial score (nSPS) is 30.5. The van der Waals surface area contributed by atoms with E-state index in [4.69, 9.17) is 0 Å². The van der Waals surface area contributed by atoms with E-state index in [0.29, 0.717) is 0 Å². The molecule has 12 heavy (non-hydrogen) atoms. The van der Waals surface area contributed by atoms with Crippen LogP contribution in [0.1, 0.15) is 34.1 Å². The van der Waals surface area contributed by atoms with Crippen molar-refractivity contribution in [3.8, 4) is 0 Å². The summed E-state index contributed by atoms with van der Waals surface area (Å²) in [6.45, 7) is 9.27. The van der Waals surface area contributed by atoms with E-state index in [2.05, 4.69) is 61.0 Å². The molecule has 0 aromatic heterocycles. The summed E-state index contributed by atoms with van der Waals surface area (Å²) >= 11 is 2.17. The Balaban J connectivity index is 2.26. The van der Waals surface area contributed by atoms with Crippen LogP contribution in [-0.2, 0) is 0 Å². The molecule has 1 saturated heterocycles. The molecule has 1 aliphatic rings. The highest BCUT2D eigenvalue weighted by Gasteiger charge is 2.29. The third-order valence-corrected chi connectivity index (χ3v) is 7.94. The highest BCUT2D eigenvalue weighted by molar-refractivity contribution is 8.82. The Labute approximate surface area is 88.4 Å². The van der Waals surface area contributed by atoms with Crippen LogP contribution in [0.15, 0.2) is 0 Å². The van der Waals surface area contributed by atoms with Crippen LogP contribution < -0.4 is 0 Å². The van der Waals surface area contributed by atoms with Gasteiger partial charge in [-0.25, -0.2) is 0 Å². The maximum atomic E-state index is 2.32. The van der Waals surface area contributed by atoms with Gasteiger partial charge in [-0.3, -0.25) is 0 Å². The number of hydrogen-bond acceptors (Lipinski definition) is 3. The molecule has 2 unspecified atom stereocenters. The quantitative estimate of drug-likeness (QED) is 0.647. The fourth-order valence-electron chi connectivity index (χ4n) is 1.06. The minimum absolute atomic E-state index is 0.824. The molecule has 0 N–H and O–H groups in total. The van der Waals surface area contributed by atoms with Crippen LogP contribution in [0.2, 0.25) is 0 Å². The van der Waals surface area contributed by atoms with Gasteiger partial charge in [0.25, 0.3) is 0 Å². The SMILES string of the molecule is CC(C)CC1SSC(C(C)C)S1. The van der Waals surface area contributed by atoms with E-state index in [-0.39, 0.29) is 0 Å². The fourth-order valence-corrected chi connectivity index (χ4v) is 7.66. The molecule has 0 radical (unpaired) electrons. The van der Waals surface area contributed by atoms with Crippen molar-refractivity contribution in [1.82, 2.24) is 0 Å². The average Bonchev–Trinajstić information content (AvgIpc) is 2.34. The third-order valence-electron chi connectivity index (χ3n) is 1.75. The Hall–Kier alpha value is 1.05. The fraction of sp³-hybridized carbons (Fsp3) is 1.00. The first-order valence-electron chi connectivity index (χ1n) is 4.57. The van der Waals surface area contributed by atoms with E-state index >= 15 is 0 Å². The maximum absolute atomic E-state index is 2.32. The first-order valence-corrected chi connectivity index (χ1v) is 7.79. The Kier molecular flexibility index (Phi) is 4.69. The van der Waals surface area contributed by atoms with Gasteiger partial charge in [-0.05, 0) is 18.3 Å². The molecule has 72 valence electrons. The number of thioether (sulfide) groups is 1. The maximum Gasteiger partial charge on any atom is 0.0640 e. The minimum atomic E-state index is 0.824. The van der Waals surface area contributed by atoms with Crippen molar-refractivity contribution in [3.63, 3.8) is 0 Å². The van der Waals surface area contributed by atoms with Gasteiger partial charge in [0.15, 0.2) is 0 Å². The van der Waals surface area contributed by atoms with Crippen LogP contribution in [0.4, 0.5) is 0 Å². The number of rotatable bonds is 3. The van der Waals surface area contributed by atoms with Crippen molar-refractivity contribution < 1.29 is 0 Å². The number of hydrogen-bond donors (Lipinski definition) is 0. The van der Waals surface area contributed by atoms with Gasteiger partial charge in [0, 0.05) is 0 Å². The molecule has 3 heteroatoms. The van der Waals surface area contributed by atoms with Crippen LogP contribution in [-0.4, -0.2) is 9.16 Å². The van der Waals surface area contributed by atoms with Gasteiger partial charge in [-0.1, -0.05) is 49.3 Å². The molecule has 1 fully saturated rings. The van der Waals surface area contributed by atoms with E-state index in [0.717, 1.165) is 21.0 Å². The molecule has 1 aliphatic heterocycles. The minimum Gasteiger partial charge on any atom is -0.131 e.